The number of hydrogen-bond acceptors (Lipinski definition) is 4. The van der Waals surface area contributed by atoms with E-state index in [1.165, 1.54) is 0 Å². The highest BCUT2D eigenvalue weighted by molar-refractivity contribution is 4.32. The number of rotatable bonds is 3. The molecule has 0 spiro atoms. The molecule has 4 heteroatoms. The molecular weight excluding hydrogens is 84.0 g/mol. The highest BCUT2D eigenvalue weighted by Gasteiger charge is 1.75. The molecule has 36 valence electrons. The molecule has 0 unspecified atom stereocenters. The third-order valence-corrected chi connectivity index (χ3v) is 0.300. The largest absolute Gasteiger partial charge is 0.303 e. The molecule has 4 nitrogen and oxygen atoms in total. The van der Waals surface area contributed by atoms with Crippen LogP contribution in [0.15, 0.2) is 5.18 Å². The fourth-order valence-corrected chi connectivity index (χ4v) is 0.0900. The fourth-order valence-electron chi connectivity index (χ4n) is 0.0900. The highest BCUT2D eigenvalue weighted by atomic mass is 16.6. The Bertz CT molecular complexity index is 38.5. The van der Waals surface area contributed by atoms with Gasteiger partial charge in [-0.05, 0) is 0 Å². The summed E-state index contributed by atoms with van der Waals surface area (Å²) in [4.78, 5) is 13.2. The average molecular weight is 90.1 g/mol. The summed E-state index contributed by atoms with van der Waals surface area (Å²) >= 11 is 0. The first-order valence-electron chi connectivity index (χ1n) is 1.52. The molecule has 0 amide bonds. The Balaban J connectivity index is 2.49. The molecule has 0 aliphatic carbocycles. The maximum absolute atomic E-state index is 9.18. The van der Waals surface area contributed by atoms with Crippen LogP contribution in [0.2, 0.25) is 0 Å². The summed E-state index contributed by atoms with van der Waals surface area (Å²) in [5.74, 6) is 4.52. The van der Waals surface area contributed by atoms with Crippen molar-refractivity contribution in [1.82, 2.24) is 0 Å². The number of nitrogens with zero attached hydrogens (tertiary/aromatic N) is 1. The zero-order chi connectivity index (χ0) is 4.83. The van der Waals surface area contributed by atoms with Crippen molar-refractivity contribution < 1.29 is 4.84 Å². The zero-order valence-electron chi connectivity index (χ0n) is 3.26. The molecule has 0 radical (unpaired) electrons. The lowest BCUT2D eigenvalue weighted by Crippen LogP contribution is -2.02. The van der Waals surface area contributed by atoms with E-state index < -0.39 is 0 Å². The van der Waals surface area contributed by atoms with Crippen LogP contribution in [0.1, 0.15) is 0 Å². The lowest BCUT2D eigenvalue weighted by molar-refractivity contribution is 0.146. The summed E-state index contributed by atoms with van der Waals surface area (Å²) in [5, 5.41) is 2.47. The van der Waals surface area contributed by atoms with E-state index in [0.717, 1.165) is 0 Å². The minimum atomic E-state index is 0.135. The first-order valence-corrected chi connectivity index (χ1v) is 1.52. The van der Waals surface area contributed by atoms with Gasteiger partial charge in [-0.3, -0.25) is 0 Å². The Morgan fingerprint density at radius 3 is 2.67 bits per heavy atom. The molecule has 2 N–H and O–H groups in total. The number of nitroso groups, excluding NO2 is 1. The molecule has 0 aliphatic heterocycles. The smallest absolute Gasteiger partial charge is 0.106 e. The first-order chi connectivity index (χ1) is 2.91. The van der Waals surface area contributed by atoms with Crippen LogP contribution in [0, 0.1) is 4.91 Å². The molecule has 0 heterocycles. The lowest BCUT2D eigenvalue weighted by Gasteiger charge is -1.82. The third-order valence-electron chi connectivity index (χ3n) is 0.300. The maximum Gasteiger partial charge on any atom is 0.106 e. The number of nitrogens with two attached hydrogens (primary N) is 1. The fraction of sp³-hybridized carbons (Fsp3) is 1.00. The van der Waals surface area contributed by atoms with Gasteiger partial charge in [0.2, 0.25) is 0 Å². The van der Waals surface area contributed by atoms with E-state index in [9.17, 15) is 4.91 Å². The molecule has 0 bridgehead atoms. The second-order valence-corrected chi connectivity index (χ2v) is 0.723. The van der Waals surface area contributed by atoms with Crippen molar-refractivity contribution in [2.45, 2.75) is 0 Å². The molecule has 0 fully saturated rings. The van der Waals surface area contributed by atoms with Gasteiger partial charge in [0.1, 0.15) is 6.54 Å². The van der Waals surface area contributed by atoms with E-state index in [1.54, 1.807) is 0 Å². The SMILES string of the molecule is NOCCN=O. The lowest BCUT2D eigenvalue weighted by atomic mass is 10.8. The van der Waals surface area contributed by atoms with Crippen molar-refractivity contribution in [2.24, 2.45) is 11.1 Å². The summed E-state index contributed by atoms with van der Waals surface area (Å²) in [6.45, 7) is 0.347. The van der Waals surface area contributed by atoms with Crippen molar-refractivity contribution in [2.75, 3.05) is 13.2 Å². The summed E-state index contributed by atoms with van der Waals surface area (Å²) in [6.07, 6.45) is 0. The van der Waals surface area contributed by atoms with Crippen LogP contribution in [0.4, 0.5) is 0 Å². The average Bonchev–Trinajstić information content (AvgIpc) is 1.61. The van der Waals surface area contributed by atoms with E-state index in [0.29, 0.717) is 0 Å². The van der Waals surface area contributed by atoms with Crippen LogP contribution in [0.3, 0.4) is 0 Å². The summed E-state index contributed by atoms with van der Waals surface area (Å²) in [7, 11) is 0. The molecule has 6 heavy (non-hydrogen) atoms. The van der Waals surface area contributed by atoms with Crippen molar-refractivity contribution in [1.29, 1.82) is 0 Å². The molecule has 0 rings (SSSR count). The van der Waals surface area contributed by atoms with Gasteiger partial charge in [-0.1, -0.05) is 5.18 Å². The normalized spacial score (nSPS) is 8.17. The van der Waals surface area contributed by atoms with Crippen LogP contribution >= 0.6 is 0 Å². The molecule has 0 aromatic heterocycles. The van der Waals surface area contributed by atoms with Crippen LogP contribution in [0.5, 0.6) is 0 Å². The Hall–Kier alpha value is -0.480. The monoisotopic (exact) mass is 90.0 g/mol. The predicted octanol–water partition coefficient (Wildman–Crippen LogP) is -0.357. The minimum Gasteiger partial charge on any atom is -0.303 e. The second-order valence-electron chi connectivity index (χ2n) is 0.723. The zero-order valence-corrected chi connectivity index (χ0v) is 3.26. The topological polar surface area (TPSA) is 64.7 Å². The van der Waals surface area contributed by atoms with Gasteiger partial charge in [-0.2, -0.15) is 4.91 Å². The Morgan fingerprint density at radius 2 is 2.50 bits per heavy atom. The van der Waals surface area contributed by atoms with Gasteiger partial charge in [0.05, 0.1) is 6.61 Å². The van der Waals surface area contributed by atoms with Crippen molar-refractivity contribution in [3.63, 3.8) is 0 Å². The summed E-state index contributed by atoms with van der Waals surface area (Å²) in [6, 6.07) is 0. The van der Waals surface area contributed by atoms with Crippen LogP contribution < -0.4 is 5.90 Å². The van der Waals surface area contributed by atoms with E-state index in [-0.39, 0.29) is 13.2 Å². The van der Waals surface area contributed by atoms with Crippen molar-refractivity contribution in [3.05, 3.63) is 4.91 Å². The van der Waals surface area contributed by atoms with Gasteiger partial charge in [0, 0.05) is 0 Å². The third kappa shape index (κ3) is 3.52. The standard InChI is InChI=1S/C2H6N2O2/c3-6-2-1-4-5/h1-3H2. The Labute approximate surface area is 35.2 Å². The minimum absolute atomic E-state index is 0.135. The van der Waals surface area contributed by atoms with Gasteiger partial charge >= 0.3 is 0 Å². The quantitative estimate of drug-likeness (QED) is 0.292. The van der Waals surface area contributed by atoms with E-state index in [1.807, 2.05) is 0 Å². The van der Waals surface area contributed by atoms with Crippen LogP contribution in [-0.4, -0.2) is 13.2 Å². The van der Waals surface area contributed by atoms with Crippen LogP contribution in [0.25, 0.3) is 0 Å². The molecular formula is C2H6N2O2. The molecule has 0 aromatic carbocycles. The first kappa shape index (κ1) is 5.52. The van der Waals surface area contributed by atoms with Gasteiger partial charge in [-0.15, -0.1) is 0 Å². The number of hydrogen-bond donors (Lipinski definition) is 1. The van der Waals surface area contributed by atoms with Gasteiger partial charge in [0.25, 0.3) is 0 Å². The summed E-state index contributed by atoms with van der Waals surface area (Å²) in [5.41, 5.74) is 0. The Morgan fingerprint density at radius 1 is 1.83 bits per heavy atom. The van der Waals surface area contributed by atoms with Gasteiger partial charge < -0.3 is 4.84 Å². The molecule has 0 saturated carbocycles. The predicted molar refractivity (Wildman–Crippen MR) is 20.8 cm³/mol. The second kappa shape index (κ2) is 4.52. The maximum atomic E-state index is 9.18. The summed E-state index contributed by atoms with van der Waals surface area (Å²) < 4.78 is 0. The molecule has 0 saturated heterocycles. The van der Waals surface area contributed by atoms with Crippen molar-refractivity contribution in [3.8, 4) is 0 Å². The molecule has 0 atom stereocenters. The van der Waals surface area contributed by atoms with E-state index in [4.69, 9.17) is 0 Å². The Kier molecular flexibility index (Phi) is 4.16. The van der Waals surface area contributed by atoms with Gasteiger partial charge in [0.15, 0.2) is 0 Å². The van der Waals surface area contributed by atoms with Gasteiger partial charge in [-0.25, -0.2) is 5.90 Å². The van der Waals surface area contributed by atoms with Crippen LogP contribution in [-0.2, 0) is 4.84 Å². The molecule has 0 aromatic rings. The molecule has 0 aliphatic rings. The van der Waals surface area contributed by atoms with E-state index >= 15 is 0 Å². The van der Waals surface area contributed by atoms with E-state index in [2.05, 4.69) is 15.9 Å². The highest BCUT2D eigenvalue weighted by Crippen LogP contribution is 1.63. The van der Waals surface area contributed by atoms with Crippen molar-refractivity contribution >= 4 is 0 Å².